The molecular formula is C20H13Cl3N2O. The summed E-state index contributed by atoms with van der Waals surface area (Å²) in [6.07, 6.45) is 6.21. The van der Waals surface area contributed by atoms with Gasteiger partial charge in [0.15, 0.2) is 0 Å². The molecule has 0 amide bonds. The van der Waals surface area contributed by atoms with Gasteiger partial charge in [-0.05, 0) is 34.4 Å². The number of halogens is 3. The molecule has 0 saturated carbocycles. The predicted octanol–water partition coefficient (Wildman–Crippen LogP) is 5.85. The third-order valence-electron chi connectivity index (χ3n) is 3.85. The van der Waals surface area contributed by atoms with E-state index < -0.39 is 3.79 Å². The number of alkyl halides is 3. The highest BCUT2D eigenvalue weighted by Gasteiger charge is 2.25. The molecule has 3 nitrogen and oxygen atoms in total. The summed E-state index contributed by atoms with van der Waals surface area (Å²) in [4.78, 5) is 11.6. The highest BCUT2D eigenvalue weighted by molar-refractivity contribution is 6.67. The van der Waals surface area contributed by atoms with Crippen molar-refractivity contribution in [2.45, 2.75) is 3.79 Å². The molecule has 6 heteroatoms. The van der Waals surface area contributed by atoms with Crippen LogP contribution in [0.15, 0.2) is 65.3 Å². The fraction of sp³-hybridized carbons (Fsp3) is 0.0500. The monoisotopic (exact) mass is 402 g/mol. The molecule has 26 heavy (non-hydrogen) atoms. The highest BCUT2D eigenvalue weighted by Crippen LogP contribution is 2.41. The number of nitrogens with zero attached hydrogens (tertiary/aromatic N) is 2. The van der Waals surface area contributed by atoms with E-state index in [-0.39, 0.29) is 11.5 Å². The Morgan fingerprint density at radius 3 is 2.23 bits per heavy atom. The van der Waals surface area contributed by atoms with Crippen molar-refractivity contribution in [2.75, 3.05) is 0 Å². The minimum atomic E-state index is -1.59. The molecule has 0 bridgehead atoms. The molecule has 0 saturated heterocycles. The van der Waals surface area contributed by atoms with E-state index in [1.807, 2.05) is 36.4 Å². The summed E-state index contributed by atoms with van der Waals surface area (Å²) in [5, 5.41) is 7.35. The standard InChI is InChI=1S/C20H13Cl3N2O/c1-2-13-3-5-14(6-4-13)15-7-9-17(20(21,22)23)16(11-15)8-10-18-19(26)12-24-25-18/h2-12H,1H2. The first-order chi connectivity index (χ1) is 12.4. The molecule has 0 N–H and O–H groups in total. The third kappa shape index (κ3) is 4.13. The molecule has 0 radical (unpaired) electrons. The van der Waals surface area contributed by atoms with Crippen LogP contribution < -0.4 is 0 Å². The van der Waals surface area contributed by atoms with Gasteiger partial charge >= 0.3 is 0 Å². The van der Waals surface area contributed by atoms with Crippen LogP contribution in [0.5, 0.6) is 0 Å². The minimum Gasteiger partial charge on any atom is -0.286 e. The summed E-state index contributed by atoms with van der Waals surface area (Å²) in [7, 11) is 0. The Labute approximate surface area is 166 Å². The van der Waals surface area contributed by atoms with Crippen LogP contribution in [0.2, 0.25) is 0 Å². The summed E-state index contributed by atoms with van der Waals surface area (Å²) in [5.74, 6) is -0.257. The number of hydrogen-bond donors (Lipinski definition) is 0. The van der Waals surface area contributed by atoms with E-state index in [1.165, 1.54) is 0 Å². The minimum absolute atomic E-state index is 0.237. The second-order valence-electron chi connectivity index (χ2n) is 5.55. The van der Waals surface area contributed by atoms with Gasteiger partial charge in [0.05, 0.1) is 6.21 Å². The van der Waals surface area contributed by atoms with Gasteiger partial charge in [0.25, 0.3) is 0 Å². The molecule has 0 aliphatic carbocycles. The number of allylic oxidation sites excluding steroid dienone is 1. The summed E-state index contributed by atoms with van der Waals surface area (Å²) in [6, 6.07) is 13.5. The third-order valence-corrected chi connectivity index (χ3v) is 4.46. The van der Waals surface area contributed by atoms with Gasteiger partial charge in [-0.15, -0.1) is 5.10 Å². The fourth-order valence-electron chi connectivity index (χ4n) is 2.49. The van der Waals surface area contributed by atoms with Crippen LogP contribution in [0, 0.1) is 0 Å². The van der Waals surface area contributed by atoms with Gasteiger partial charge in [0, 0.05) is 5.56 Å². The molecule has 3 rings (SSSR count). The summed E-state index contributed by atoms with van der Waals surface area (Å²) in [5.41, 5.74) is 4.42. The van der Waals surface area contributed by atoms with E-state index in [1.54, 1.807) is 24.3 Å². The van der Waals surface area contributed by atoms with E-state index in [2.05, 4.69) is 16.8 Å². The number of ketones is 1. The van der Waals surface area contributed by atoms with Crippen molar-refractivity contribution in [3.05, 3.63) is 71.8 Å². The maximum Gasteiger partial charge on any atom is 0.226 e. The predicted molar refractivity (Wildman–Crippen MR) is 111 cm³/mol. The molecule has 0 atom stereocenters. The number of benzene rings is 2. The zero-order valence-corrected chi connectivity index (χ0v) is 15.8. The zero-order chi connectivity index (χ0) is 18.7. The number of carbonyl (C=O) groups excluding carboxylic acids is 1. The molecule has 1 aliphatic heterocycles. The number of hydrogen-bond acceptors (Lipinski definition) is 3. The lowest BCUT2D eigenvalue weighted by atomic mass is 9.98. The van der Waals surface area contributed by atoms with Gasteiger partial charge in [0.2, 0.25) is 9.58 Å². The Balaban J connectivity index is 2.02. The van der Waals surface area contributed by atoms with Gasteiger partial charge in [-0.2, -0.15) is 5.10 Å². The van der Waals surface area contributed by atoms with Crippen LogP contribution in [0.25, 0.3) is 23.3 Å². The molecular weight excluding hydrogens is 391 g/mol. The summed E-state index contributed by atoms with van der Waals surface area (Å²) in [6.45, 7) is 3.75. The quantitative estimate of drug-likeness (QED) is 0.591. The van der Waals surface area contributed by atoms with Crippen molar-refractivity contribution in [3.63, 3.8) is 0 Å². The Bertz CT molecular complexity index is 952. The Morgan fingerprint density at radius 1 is 0.962 bits per heavy atom. The van der Waals surface area contributed by atoms with Gasteiger partial charge < -0.3 is 0 Å². The molecule has 0 unspecified atom stereocenters. The molecule has 2 aromatic carbocycles. The molecule has 2 aromatic rings. The van der Waals surface area contributed by atoms with Crippen LogP contribution in [0.1, 0.15) is 16.7 Å². The topological polar surface area (TPSA) is 41.8 Å². The van der Waals surface area contributed by atoms with Gasteiger partial charge in [0.1, 0.15) is 5.71 Å². The van der Waals surface area contributed by atoms with Crippen molar-refractivity contribution < 1.29 is 4.79 Å². The zero-order valence-electron chi connectivity index (χ0n) is 13.5. The van der Waals surface area contributed by atoms with Crippen LogP contribution in [-0.4, -0.2) is 17.7 Å². The number of rotatable bonds is 4. The average Bonchev–Trinajstić information content (AvgIpc) is 3.04. The lowest BCUT2D eigenvalue weighted by Crippen LogP contribution is -2.08. The summed E-state index contributed by atoms with van der Waals surface area (Å²) >= 11 is 18.3. The number of Topliss-reactive ketones (excluding diaryl/α,β-unsaturated/α-hetero) is 1. The van der Waals surface area contributed by atoms with Crippen LogP contribution >= 0.6 is 34.8 Å². The van der Waals surface area contributed by atoms with Crippen molar-refractivity contribution in [1.82, 2.24) is 0 Å². The van der Waals surface area contributed by atoms with Crippen LogP contribution in [0.4, 0.5) is 0 Å². The van der Waals surface area contributed by atoms with Crippen molar-refractivity contribution in [1.29, 1.82) is 0 Å². The maximum atomic E-state index is 11.6. The number of carbonyl (C=O) groups is 1. The van der Waals surface area contributed by atoms with Gasteiger partial charge in [-0.1, -0.05) is 89.9 Å². The average molecular weight is 404 g/mol. The first-order valence-electron chi connectivity index (χ1n) is 7.66. The van der Waals surface area contributed by atoms with E-state index in [0.29, 0.717) is 11.1 Å². The normalized spacial score (nSPS) is 14.1. The Morgan fingerprint density at radius 2 is 1.65 bits per heavy atom. The first-order valence-corrected chi connectivity index (χ1v) is 8.79. The van der Waals surface area contributed by atoms with E-state index in [4.69, 9.17) is 34.8 Å². The van der Waals surface area contributed by atoms with Gasteiger partial charge in [-0.25, -0.2) is 0 Å². The molecule has 0 spiro atoms. The second-order valence-corrected chi connectivity index (χ2v) is 7.83. The van der Waals surface area contributed by atoms with Crippen LogP contribution in [0.3, 0.4) is 0 Å². The highest BCUT2D eigenvalue weighted by atomic mass is 35.6. The second kappa shape index (κ2) is 7.58. The largest absolute Gasteiger partial charge is 0.286 e. The van der Waals surface area contributed by atoms with E-state index in [0.717, 1.165) is 22.9 Å². The van der Waals surface area contributed by atoms with E-state index >= 15 is 0 Å². The molecule has 130 valence electrons. The SMILES string of the molecule is C=Cc1ccc(-c2ccc(C(Cl)(Cl)Cl)c(C=CC3=NN=CC3=O)c2)cc1. The Kier molecular flexibility index (Phi) is 5.42. The van der Waals surface area contributed by atoms with Crippen molar-refractivity contribution in [2.24, 2.45) is 10.2 Å². The molecule has 1 heterocycles. The summed E-state index contributed by atoms with van der Waals surface area (Å²) < 4.78 is -1.59. The first kappa shape index (κ1) is 18.6. The van der Waals surface area contributed by atoms with Crippen molar-refractivity contribution >= 4 is 64.7 Å². The smallest absolute Gasteiger partial charge is 0.226 e. The molecule has 0 aromatic heterocycles. The maximum absolute atomic E-state index is 11.6. The molecule has 0 fully saturated rings. The van der Waals surface area contributed by atoms with E-state index in [9.17, 15) is 4.79 Å². The van der Waals surface area contributed by atoms with Crippen molar-refractivity contribution in [3.8, 4) is 11.1 Å². The lowest BCUT2D eigenvalue weighted by Gasteiger charge is -2.16. The Hall–Kier alpha value is -2.20. The lowest BCUT2D eigenvalue weighted by molar-refractivity contribution is -0.106. The van der Waals surface area contributed by atoms with Gasteiger partial charge in [-0.3, -0.25) is 4.79 Å². The van der Waals surface area contributed by atoms with Crippen LogP contribution in [-0.2, 0) is 8.59 Å². The molecule has 1 aliphatic rings. The fourth-order valence-corrected chi connectivity index (χ4v) is 3.01.